The highest BCUT2D eigenvalue weighted by molar-refractivity contribution is 8.18. The highest BCUT2D eigenvalue weighted by Crippen LogP contribution is 2.31. The summed E-state index contributed by atoms with van der Waals surface area (Å²) in [5.74, 6) is -1.02. The second kappa shape index (κ2) is 7.62. The number of benzene rings is 1. The van der Waals surface area contributed by atoms with E-state index in [2.05, 4.69) is 5.32 Å². The van der Waals surface area contributed by atoms with Crippen LogP contribution in [-0.2, 0) is 4.79 Å². The molecule has 0 saturated carbocycles. The number of carbonyl (C=O) groups excluding carboxylic acids is 3. The van der Waals surface area contributed by atoms with Crippen LogP contribution in [0.4, 0.5) is 9.18 Å². The van der Waals surface area contributed by atoms with E-state index in [0.717, 1.165) is 16.7 Å². The molecule has 0 spiro atoms. The van der Waals surface area contributed by atoms with Crippen molar-refractivity contribution in [1.82, 2.24) is 10.2 Å². The van der Waals surface area contributed by atoms with Crippen molar-refractivity contribution in [2.45, 2.75) is 0 Å². The molecule has 0 unspecified atom stereocenters. The maximum absolute atomic E-state index is 12.9. The highest BCUT2D eigenvalue weighted by Gasteiger charge is 2.34. The van der Waals surface area contributed by atoms with Crippen molar-refractivity contribution in [2.24, 2.45) is 0 Å². The van der Waals surface area contributed by atoms with Gasteiger partial charge >= 0.3 is 0 Å². The highest BCUT2D eigenvalue weighted by atomic mass is 32.2. The van der Waals surface area contributed by atoms with Gasteiger partial charge in [0.2, 0.25) is 0 Å². The van der Waals surface area contributed by atoms with Gasteiger partial charge in [0.05, 0.1) is 4.91 Å². The number of thioether (sulfide) groups is 1. The summed E-state index contributed by atoms with van der Waals surface area (Å²) in [6.07, 6.45) is 1.55. The van der Waals surface area contributed by atoms with Gasteiger partial charge in [0.15, 0.2) is 0 Å². The molecule has 0 atom stereocenters. The van der Waals surface area contributed by atoms with E-state index in [4.69, 9.17) is 0 Å². The van der Waals surface area contributed by atoms with Crippen LogP contribution in [0.25, 0.3) is 6.08 Å². The van der Waals surface area contributed by atoms with E-state index in [0.29, 0.717) is 11.1 Å². The topological polar surface area (TPSA) is 66.5 Å². The lowest BCUT2D eigenvalue weighted by Gasteiger charge is -2.12. The van der Waals surface area contributed by atoms with E-state index in [1.165, 1.54) is 35.6 Å². The maximum atomic E-state index is 12.9. The lowest BCUT2D eigenvalue weighted by molar-refractivity contribution is -0.122. The number of carbonyl (C=O) groups is 3. The molecule has 1 N–H and O–H groups in total. The predicted octanol–water partition coefficient (Wildman–Crippen LogP) is 3.35. The number of nitrogens with one attached hydrogen (secondary N) is 1. The summed E-state index contributed by atoms with van der Waals surface area (Å²) in [5.41, 5.74) is 1.19. The molecule has 3 amide bonds. The minimum atomic E-state index is -0.413. The summed E-state index contributed by atoms with van der Waals surface area (Å²) in [7, 11) is 0. The van der Waals surface area contributed by atoms with Gasteiger partial charge < -0.3 is 5.32 Å². The van der Waals surface area contributed by atoms with Crippen molar-refractivity contribution in [3.8, 4) is 0 Å². The second-order valence-corrected chi connectivity index (χ2v) is 6.93. The van der Waals surface area contributed by atoms with E-state index in [1.807, 2.05) is 0 Å². The zero-order chi connectivity index (χ0) is 17.8. The molecule has 0 bridgehead atoms. The van der Waals surface area contributed by atoms with Gasteiger partial charge in [-0.15, -0.1) is 0 Å². The SMILES string of the molecule is O=C(NCCN1C(=O)S/C(=C\c2ccc(F)cc2)C1=O)c1ccsc1. The Labute approximate surface area is 151 Å². The molecule has 5 nitrogen and oxygen atoms in total. The molecule has 1 fully saturated rings. The Bertz CT molecular complexity index is 832. The van der Waals surface area contributed by atoms with Gasteiger partial charge in [-0.05, 0) is 47.0 Å². The molecule has 2 aromatic rings. The van der Waals surface area contributed by atoms with Crippen LogP contribution in [0.1, 0.15) is 15.9 Å². The molecular weight excluding hydrogens is 363 g/mol. The molecule has 1 aliphatic heterocycles. The normalized spacial score (nSPS) is 15.9. The lowest BCUT2D eigenvalue weighted by atomic mass is 10.2. The van der Waals surface area contributed by atoms with Crippen LogP contribution >= 0.6 is 23.1 Å². The Balaban J connectivity index is 1.59. The third-order valence-electron chi connectivity index (χ3n) is 3.45. The number of rotatable bonds is 5. The summed E-state index contributed by atoms with van der Waals surface area (Å²) in [4.78, 5) is 37.5. The zero-order valence-corrected chi connectivity index (χ0v) is 14.5. The van der Waals surface area contributed by atoms with Crippen LogP contribution in [0.2, 0.25) is 0 Å². The predicted molar refractivity (Wildman–Crippen MR) is 95.7 cm³/mol. The first-order valence-electron chi connectivity index (χ1n) is 7.36. The number of nitrogens with zero attached hydrogens (tertiary/aromatic N) is 1. The minimum Gasteiger partial charge on any atom is -0.350 e. The average Bonchev–Trinajstić information content (AvgIpc) is 3.21. The van der Waals surface area contributed by atoms with Gasteiger partial charge in [0.25, 0.3) is 17.1 Å². The summed E-state index contributed by atoms with van der Waals surface area (Å²) >= 11 is 2.25. The molecule has 1 aromatic heterocycles. The van der Waals surface area contributed by atoms with E-state index in [1.54, 1.807) is 22.9 Å². The summed E-state index contributed by atoms with van der Waals surface area (Å²) < 4.78 is 12.9. The quantitative estimate of drug-likeness (QED) is 0.813. The molecular formula is C17H13FN2O3S2. The number of imide groups is 1. The number of amides is 3. The fourth-order valence-corrected chi connectivity index (χ4v) is 3.68. The first-order valence-corrected chi connectivity index (χ1v) is 9.12. The van der Waals surface area contributed by atoms with Gasteiger partial charge in [-0.2, -0.15) is 11.3 Å². The molecule has 1 aromatic carbocycles. The molecule has 8 heteroatoms. The van der Waals surface area contributed by atoms with Crippen molar-refractivity contribution >= 4 is 46.2 Å². The van der Waals surface area contributed by atoms with Gasteiger partial charge in [0, 0.05) is 24.0 Å². The molecule has 1 aliphatic rings. The van der Waals surface area contributed by atoms with Gasteiger partial charge in [-0.3, -0.25) is 19.3 Å². The molecule has 1 saturated heterocycles. The monoisotopic (exact) mass is 376 g/mol. The molecule has 3 rings (SSSR count). The number of halogens is 1. The minimum absolute atomic E-state index is 0.0985. The lowest BCUT2D eigenvalue weighted by Crippen LogP contribution is -2.37. The molecule has 128 valence electrons. The smallest absolute Gasteiger partial charge is 0.293 e. The molecule has 25 heavy (non-hydrogen) atoms. The fraction of sp³-hybridized carbons (Fsp3) is 0.118. The Hall–Kier alpha value is -2.45. The molecule has 0 aliphatic carbocycles. The largest absolute Gasteiger partial charge is 0.350 e. The average molecular weight is 376 g/mol. The van der Waals surface area contributed by atoms with Crippen molar-refractivity contribution in [3.05, 3.63) is 62.9 Å². The fourth-order valence-electron chi connectivity index (χ4n) is 2.18. The Morgan fingerprint density at radius 3 is 2.64 bits per heavy atom. The number of hydrogen-bond donors (Lipinski definition) is 1. The zero-order valence-electron chi connectivity index (χ0n) is 12.9. The Kier molecular flexibility index (Phi) is 5.30. The first kappa shape index (κ1) is 17.4. The van der Waals surface area contributed by atoms with Gasteiger partial charge in [-0.25, -0.2) is 4.39 Å². The van der Waals surface area contributed by atoms with Crippen molar-refractivity contribution in [3.63, 3.8) is 0 Å². The van der Waals surface area contributed by atoms with E-state index in [9.17, 15) is 18.8 Å². The summed E-state index contributed by atoms with van der Waals surface area (Å²) in [6.45, 7) is 0.276. The standard InChI is InChI=1S/C17H13FN2O3S2/c18-13-3-1-11(2-4-13)9-14-16(22)20(17(23)25-14)7-6-19-15(21)12-5-8-24-10-12/h1-5,8-10H,6-7H2,(H,19,21)/b14-9-. The van der Waals surface area contributed by atoms with Crippen LogP contribution in [0.3, 0.4) is 0 Å². The Morgan fingerprint density at radius 1 is 1.20 bits per heavy atom. The van der Waals surface area contributed by atoms with Crippen LogP contribution in [-0.4, -0.2) is 35.0 Å². The van der Waals surface area contributed by atoms with E-state index in [-0.39, 0.29) is 35.0 Å². The van der Waals surface area contributed by atoms with Crippen molar-refractivity contribution in [1.29, 1.82) is 0 Å². The van der Waals surface area contributed by atoms with Crippen LogP contribution < -0.4 is 5.32 Å². The third-order valence-corrected chi connectivity index (χ3v) is 5.04. The van der Waals surface area contributed by atoms with Crippen LogP contribution in [0.5, 0.6) is 0 Å². The molecule has 2 heterocycles. The molecule has 0 radical (unpaired) electrons. The van der Waals surface area contributed by atoms with Crippen molar-refractivity contribution in [2.75, 3.05) is 13.1 Å². The summed E-state index contributed by atoms with van der Waals surface area (Å²) in [6, 6.07) is 7.34. The maximum Gasteiger partial charge on any atom is 0.293 e. The Morgan fingerprint density at radius 2 is 1.96 bits per heavy atom. The third kappa shape index (κ3) is 4.15. The second-order valence-electron chi connectivity index (χ2n) is 5.15. The number of thiophene rings is 1. The van der Waals surface area contributed by atoms with Gasteiger partial charge in [-0.1, -0.05) is 12.1 Å². The van der Waals surface area contributed by atoms with E-state index >= 15 is 0 Å². The number of hydrogen-bond acceptors (Lipinski definition) is 5. The van der Waals surface area contributed by atoms with E-state index < -0.39 is 5.91 Å². The summed E-state index contributed by atoms with van der Waals surface area (Å²) in [5, 5.41) is 5.81. The van der Waals surface area contributed by atoms with Crippen molar-refractivity contribution < 1.29 is 18.8 Å². The van der Waals surface area contributed by atoms with Crippen LogP contribution in [0, 0.1) is 5.82 Å². The first-order chi connectivity index (χ1) is 12.0. The van der Waals surface area contributed by atoms with Crippen LogP contribution in [0.15, 0.2) is 46.0 Å². The van der Waals surface area contributed by atoms with Gasteiger partial charge in [0.1, 0.15) is 5.82 Å².